The van der Waals surface area contributed by atoms with Crippen LogP contribution in [0.1, 0.15) is 13.3 Å². The van der Waals surface area contributed by atoms with Gasteiger partial charge in [-0.3, -0.25) is 9.69 Å². The monoisotopic (exact) mass is 331 g/mol. The number of rotatable bonds is 5. The summed E-state index contributed by atoms with van der Waals surface area (Å²) in [5, 5.41) is 0. The Morgan fingerprint density at radius 1 is 1.22 bits per heavy atom. The van der Waals surface area contributed by atoms with Crippen LogP contribution in [0.2, 0.25) is 0 Å². The van der Waals surface area contributed by atoms with Crippen LogP contribution in [0.4, 0.5) is 18.9 Å². The first-order valence-corrected chi connectivity index (χ1v) is 7.44. The van der Waals surface area contributed by atoms with Gasteiger partial charge in [0.2, 0.25) is 5.91 Å². The molecule has 1 unspecified atom stereocenters. The van der Waals surface area contributed by atoms with Crippen molar-refractivity contribution in [3.05, 3.63) is 24.3 Å². The van der Waals surface area contributed by atoms with Crippen molar-refractivity contribution in [1.29, 1.82) is 0 Å². The number of anilines is 1. The van der Waals surface area contributed by atoms with Crippen molar-refractivity contribution in [2.75, 3.05) is 31.1 Å². The maximum atomic E-state index is 12.1. The summed E-state index contributed by atoms with van der Waals surface area (Å²) in [6, 6.07) is 5.53. The molecule has 5 nitrogen and oxygen atoms in total. The van der Waals surface area contributed by atoms with E-state index in [1.54, 1.807) is 12.1 Å². The molecule has 0 radical (unpaired) electrons. The van der Waals surface area contributed by atoms with E-state index in [1.165, 1.54) is 12.1 Å². The van der Waals surface area contributed by atoms with E-state index in [2.05, 4.69) is 9.64 Å². The molecule has 128 valence electrons. The zero-order valence-corrected chi connectivity index (χ0v) is 12.8. The summed E-state index contributed by atoms with van der Waals surface area (Å²) in [6.07, 6.45) is -4.02. The number of ether oxygens (including phenoxy) is 1. The Labute approximate surface area is 132 Å². The lowest BCUT2D eigenvalue weighted by molar-refractivity contribution is -0.274. The fourth-order valence-corrected chi connectivity index (χ4v) is 2.79. The molecule has 1 atom stereocenters. The second-order valence-corrected chi connectivity index (χ2v) is 5.39. The molecular formula is C15H20F3N3O2. The third-order valence-electron chi connectivity index (χ3n) is 3.91. The van der Waals surface area contributed by atoms with Crippen LogP contribution < -0.4 is 15.4 Å². The zero-order valence-electron chi connectivity index (χ0n) is 12.8. The average Bonchev–Trinajstić information content (AvgIpc) is 2.47. The molecule has 1 aliphatic rings. The highest BCUT2D eigenvalue weighted by molar-refractivity contribution is 5.79. The van der Waals surface area contributed by atoms with Crippen LogP contribution in [0.25, 0.3) is 0 Å². The highest BCUT2D eigenvalue weighted by atomic mass is 19.4. The highest BCUT2D eigenvalue weighted by Crippen LogP contribution is 2.26. The summed E-state index contributed by atoms with van der Waals surface area (Å²) >= 11 is 0. The molecule has 0 bridgehead atoms. The Balaban J connectivity index is 1.94. The lowest BCUT2D eigenvalue weighted by atomic mass is 10.1. The highest BCUT2D eigenvalue weighted by Gasteiger charge is 2.31. The maximum absolute atomic E-state index is 12.1. The predicted octanol–water partition coefficient (Wildman–Crippen LogP) is 1.97. The minimum absolute atomic E-state index is 0.236. The molecule has 1 heterocycles. The van der Waals surface area contributed by atoms with Crippen LogP contribution in [-0.4, -0.2) is 49.4 Å². The van der Waals surface area contributed by atoms with E-state index in [4.69, 9.17) is 5.73 Å². The van der Waals surface area contributed by atoms with Crippen molar-refractivity contribution >= 4 is 11.6 Å². The standard InChI is InChI=1S/C15H20F3N3O2/c1-2-13(14(19)22)21-9-7-20(8-10-21)11-3-5-12(6-4-11)23-15(16,17)18/h3-6,13H,2,7-10H2,1H3,(H2,19,22). The number of alkyl halides is 3. The fourth-order valence-electron chi connectivity index (χ4n) is 2.79. The Morgan fingerprint density at radius 3 is 2.22 bits per heavy atom. The SMILES string of the molecule is CCC(C(N)=O)N1CCN(c2ccc(OC(F)(F)F)cc2)CC1. The molecule has 8 heteroatoms. The molecule has 1 saturated heterocycles. The summed E-state index contributed by atoms with van der Waals surface area (Å²) in [5.74, 6) is -0.561. The number of piperazine rings is 1. The molecule has 2 N–H and O–H groups in total. The fraction of sp³-hybridized carbons (Fsp3) is 0.533. The van der Waals surface area contributed by atoms with Gasteiger partial charge in [0.05, 0.1) is 6.04 Å². The quantitative estimate of drug-likeness (QED) is 0.896. The van der Waals surface area contributed by atoms with Gasteiger partial charge in [-0.15, -0.1) is 13.2 Å². The van der Waals surface area contributed by atoms with E-state index in [0.29, 0.717) is 32.6 Å². The van der Waals surface area contributed by atoms with Gasteiger partial charge in [0.1, 0.15) is 5.75 Å². The van der Waals surface area contributed by atoms with E-state index in [9.17, 15) is 18.0 Å². The summed E-state index contributed by atoms with van der Waals surface area (Å²) in [5.41, 5.74) is 6.22. The molecule has 0 spiro atoms. The van der Waals surface area contributed by atoms with Crippen molar-refractivity contribution in [2.24, 2.45) is 5.73 Å². The number of nitrogens with two attached hydrogens (primary N) is 1. The molecule has 0 aliphatic carbocycles. The molecule has 1 fully saturated rings. The minimum atomic E-state index is -4.68. The normalized spacial score (nSPS) is 17.8. The predicted molar refractivity (Wildman–Crippen MR) is 80.2 cm³/mol. The second-order valence-electron chi connectivity index (χ2n) is 5.39. The van der Waals surface area contributed by atoms with Crippen molar-refractivity contribution < 1.29 is 22.7 Å². The van der Waals surface area contributed by atoms with Gasteiger partial charge in [-0.2, -0.15) is 0 Å². The maximum Gasteiger partial charge on any atom is 0.573 e. The summed E-state index contributed by atoms with van der Waals surface area (Å²) in [4.78, 5) is 15.5. The molecule has 0 aromatic heterocycles. The van der Waals surface area contributed by atoms with E-state index in [-0.39, 0.29) is 17.7 Å². The number of carbonyl (C=O) groups excluding carboxylic acids is 1. The first-order chi connectivity index (χ1) is 10.8. The topological polar surface area (TPSA) is 58.8 Å². The van der Waals surface area contributed by atoms with Crippen LogP contribution in [0.5, 0.6) is 5.75 Å². The zero-order chi connectivity index (χ0) is 17.0. The van der Waals surface area contributed by atoms with Gasteiger partial charge in [0.15, 0.2) is 0 Å². The van der Waals surface area contributed by atoms with Gasteiger partial charge < -0.3 is 15.4 Å². The minimum Gasteiger partial charge on any atom is -0.406 e. The van der Waals surface area contributed by atoms with E-state index >= 15 is 0 Å². The molecule has 1 aliphatic heterocycles. The number of hydrogen-bond acceptors (Lipinski definition) is 4. The van der Waals surface area contributed by atoms with E-state index in [0.717, 1.165) is 5.69 Å². The largest absolute Gasteiger partial charge is 0.573 e. The molecular weight excluding hydrogens is 311 g/mol. The third kappa shape index (κ3) is 4.75. The number of amides is 1. The lowest BCUT2D eigenvalue weighted by Gasteiger charge is -2.39. The molecule has 23 heavy (non-hydrogen) atoms. The first kappa shape index (κ1) is 17.4. The number of halogens is 3. The summed E-state index contributed by atoms with van der Waals surface area (Å²) in [7, 11) is 0. The smallest absolute Gasteiger partial charge is 0.406 e. The van der Waals surface area contributed by atoms with Gasteiger partial charge in [0.25, 0.3) is 0 Å². The van der Waals surface area contributed by atoms with Crippen LogP contribution in [-0.2, 0) is 4.79 Å². The lowest BCUT2D eigenvalue weighted by Crippen LogP contribution is -2.54. The van der Waals surface area contributed by atoms with E-state index < -0.39 is 6.36 Å². The van der Waals surface area contributed by atoms with Gasteiger partial charge in [-0.25, -0.2) is 0 Å². The summed E-state index contributed by atoms with van der Waals surface area (Å²) < 4.78 is 40.3. The second kappa shape index (κ2) is 7.08. The van der Waals surface area contributed by atoms with Crippen molar-refractivity contribution in [2.45, 2.75) is 25.7 Å². The number of hydrogen-bond donors (Lipinski definition) is 1. The van der Waals surface area contributed by atoms with Gasteiger partial charge in [0, 0.05) is 31.9 Å². The molecule has 1 aromatic carbocycles. The van der Waals surface area contributed by atoms with Crippen molar-refractivity contribution in [1.82, 2.24) is 4.90 Å². The van der Waals surface area contributed by atoms with Crippen LogP contribution in [0.15, 0.2) is 24.3 Å². The Kier molecular flexibility index (Phi) is 5.35. The molecule has 2 rings (SSSR count). The van der Waals surface area contributed by atoms with Crippen molar-refractivity contribution in [3.8, 4) is 5.75 Å². The molecule has 1 amide bonds. The van der Waals surface area contributed by atoms with Gasteiger partial charge >= 0.3 is 6.36 Å². The third-order valence-corrected chi connectivity index (χ3v) is 3.91. The van der Waals surface area contributed by atoms with E-state index in [1.807, 2.05) is 11.8 Å². The Hall–Kier alpha value is -1.96. The Morgan fingerprint density at radius 2 is 1.78 bits per heavy atom. The number of benzene rings is 1. The van der Waals surface area contributed by atoms with Crippen LogP contribution >= 0.6 is 0 Å². The first-order valence-electron chi connectivity index (χ1n) is 7.44. The van der Waals surface area contributed by atoms with Gasteiger partial charge in [-0.1, -0.05) is 6.92 Å². The molecule has 0 saturated carbocycles. The molecule has 1 aromatic rings. The number of primary amides is 1. The summed E-state index contributed by atoms with van der Waals surface area (Å²) in [6.45, 7) is 4.65. The Bertz CT molecular complexity index is 526. The van der Waals surface area contributed by atoms with Crippen LogP contribution in [0, 0.1) is 0 Å². The number of nitrogens with zero attached hydrogens (tertiary/aromatic N) is 2. The van der Waals surface area contributed by atoms with Crippen molar-refractivity contribution in [3.63, 3.8) is 0 Å². The number of carbonyl (C=O) groups is 1. The van der Waals surface area contributed by atoms with Crippen LogP contribution in [0.3, 0.4) is 0 Å². The average molecular weight is 331 g/mol. The van der Waals surface area contributed by atoms with Gasteiger partial charge in [-0.05, 0) is 30.7 Å².